The Kier molecular flexibility index (Phi) is 1.94. The lowest BCUT2D eigenvalue weighted by Gasteiger charge is -2.14. The van der Waals surface area contributed by atoms with Crippen molar-refractivity contribution < 1.29 is 0 Å². The number of hydrogen-bond acceptors (Lipinski definition) is 3. The van der Waals surface area contributed by atoms with Gasteiger partial charge in [-0.15, -0.1) is 0 Å². The van der Waals surface area contributed by atoms with Crippen molar-refractivity contribution in [2.75, 3.05) is 12.4 Å². The maximum atomic E-state index is 4.41. The summed E-state index contributed by atoms with van der Waals surface area (Å²) in [6, 6.07) is 0. The smallest absolute Gasteiger partial charge is 0.222 e. The van der Waals surface area contributed by atoms with Crippen molar-refractivity contribution in [1.29, 1.82) is 0 Å². The predicted octanol–water partition coefficient (Wildman–Crippen LogP) is 1.40. The van der Waals surface area contributed by atoms with Gasteiger partial charge < -0.3 is 5.32 Å². The average molecular weight is 163 g/mol. The second kappa shape index (κ2) is 3.09. The van der Waals surface area contributed by atoms with Gasteiger partial charge in [0, 0.05) is 18.9 Å². The molecule has 0 aliphatic heterocycles. The summed E-state index contributed by atoms with van der Waals surface area (Å²) in [5.41, 5.74) is 2.57. The van der Waals surface area contributed by atoms with Gasteiger partial charge in [0.15, 0.2) is 0 Å². The highest BCUT2D eigenvalue weighted by molar-refractivity contribution is 5.30. The van der Waals surface area contributed by atoms with E-state index in [1.54, 1.807) is 0 Å². The van der Waals surface area contributed by atoms with E-state index in [-0.39, 0.29) is 0 Å². The van der Waals surface area contributed by atoms with Crippen LogP contribution < -0.4 is 5.32 Å². The summed E-state index contributed by atoms with van der Waals surface area (Å²) >= 11 is 0. The van der Waals surface area contributed by atoms with Gasteiger partial charge in [-0.1, -0.05) is 0 Å². The normalized spacial score (nSPS) is 15.4. The summed E-state index contributed by atoms with van der Waals surface area (Å²) in [4.78, 5) is 8.60. The van der Waals surface area contributed by atoms with Crippen LogP contribution in [0.1, 0.15) is 24.1 Å². The molecule has 0 bridgehead atoms. The Morgan fingerprint density at radius 3 is 3.00 bits per heavy atom. The zero-order valence-corrected chi connectivity index (χ0v) is 7.30. The van der Waals surface area contributed by atoms with E-state index in [0.29, 0.717) is 0 Å². The second-order valence-corrected chi connectivity index (χ2v) is 3.12. The third-order valence-electron chi connectivity index (χ3n) is 2.29. The minimum Gasteiger partial charge on any atom is -0.357 e. The summed E-state index contributed by atoms with van der Waals surface area (Å²) in [6.07, 6.45) is 6.78. The van der Waals surface area contributed by atoms with Crippen molar-refractivity contribution in [3.8, 4) is 0 Å². The molecule has 1 aliphatic carbocycles. The summed E-state index contributed by atoms with van der Waals surface area (Å²) in [5, 5.41) is 2.95. The molecule has 2 rings (SSSR count). The Labute approximate surface area is 72.2 Å². The molecule has 64 valence electrons. The predicted molar refractivity (Wildman–Crippen MR) is 48.2 cm³/mol. The number of aryl methyl sites for hydroxylation is 2. The minimum atomic E-state index is 0.746. The molecule has 0 aromatic carbocycles. The largest absolute Gasteiger partial charge is 0.357 e. The van der Waals surface area contributed by atoms with Gasteiger partial charge in [0.05, 0.1) is 0 Å². The molecule has 0 saturated heterocycles. The maximum Gasteiger partial charge on any atom is 0.222 e. The second-order valence-electron chi connectivity index (χ2n) is 3.12. The highest BCUT2D eigenvalue weighted by Gasteiger charge is 2.10. The van der Waals surface area contributed by atoms with Crippen molar-refractivity contribution in [3.05, 3.63) is 17.5 Å². The third-order valence-corrected chi connectivity index (χ3v) is 2.29. The molecule has 3 nitrogen and oxygen atoms in total. The first-order valence-electron chi connectivity index (χ1n) is 4.42. The molecule has 0 spiro atoms. The SMILES string of the molecule is CNc1ncc2c(n1)CCCC2. The van der Waals surface area contributed by atoms with Crippen molar-refractivity contribution in [2.24, 2.45) is 0 Å². The van der Waals surface area contributed by atoms with Crippen LogP contribution in [0.4, 0.5) is 5.95 Å². The van der Waals surface area contributed by atoms with Gasteiger partial charge in [0.2, 0.25) is 5.95 Å². The van der Waals surface area contributed by atoms with E-state index in [4.69, 9.17) is 0 Å². The lowest BCUT2D eigenvalue weighted by atomic mass is 9.98. The Morgan fingerprint density at radius 2 is 2.17 bits per heavy atom. The van der Waals surface area contributed by atoms with Gasteiger partial charge in [-0.25, -0.2) is 9.97 Å². The fraction of sp³-hybridized carbons (Fsp3) is 0.556. The summed E-state index contributed by atoms with van der Waals surface area (Å²) in [7, 11) is 1.85. The first kappa shape index (κ1) is 7.53. The Morgan fingerprint density at radius 1 is 1.33 bits per heavy atom. The number of aromatic nitrogens is 2. The van der Waals surface area contributed by atoms with E-state index in [1.165, 1.54) is 24.1 Å². The number of rotatable bonds is 1. The zero-order chi connectivity index (χ0) is 8.39. The summed E-state index contributed by atoms with van der Waals surface area (Å²) < 4.78 is 0. The molecule has 0 amide bonds. The average Bonchev–Trinajstić information content (AvgIpc) is 2.17. The van der Waals surface area contributed by atoms with E-state index in [0.717, 1.165) is 18.8 Å². The van der Waals surface area contributed by atoms with Crippen molar-refractivity contribution in [3.63, 3.8) is 0 Å². The van der Waals surface area contributed by atoms with Crippen LogP contribution in [0.15, 0.2) is 6.20 Å². The quantitative estimate of drug-likeness (QED) is 0.680. The fourth-order valence-corrected chi connectivity index (χ4v) is 1.60. The number of nitrogens with one attached hydrogen (secondary N) is 1. The summed E-state index contributed by atoms with van der Waals surface area (Å²) in [6.45, 7) is 0. The van der Waals surface area contributed by atoms with Crippen LogP contribution in [-0.4, -0.2) is 17.0 Å². The third kappa shape index (κ3) is 1.26. The number of hydrogen-bond donors (Lipinski definition) is 1. The van der Waals surface area contributed by atoms with E-state index in [2.05, 4.69) is 15.3 Å². The van der Waals surface area contributed by atoms with Gasteiger partial charge in [0.25, 0.3) is 0 Å². The Bertz CT molecular complexity index is 283. The van der Waals surface area contributed by atoms with E-state index >= 15 is 0 Å². The van der Waals surface area contributed by atoms with Crippen LogP contribution in [-0.2, 0) is 12.8 Å². The molecule has 0 saturated carbocycles. The van der Waals surface area contributed by atoms with Gasteiger partial charge in [-0.05, 0) is 31.2 Å². The van der Waals surface area contributed by atoms with Gasteiger partial charge in [0.1, 0.15) is 0 Å². The first-order chi connectivity index (χ1) is 5.90. The van der Waals surface area contributed by atoms with Crippen LogP contribution in [0.25, 0.3) is 0 Å². The number of nitrogens with zero attached hydrogens (tertiary/aromatic N) is 2. The monoisotopic (exact) mass is 163 g/mol. The van der Waals surface area contributed by atoms with Crippen LogP contribution in [0.2, 0.25) is 0 Å². The van der Waals surface area contributed by atoms with Crippen molar-refractivity contribution in [2.45, 2.75) is 25.7 Å². The van der Waals surface area contributed by atoms with Crippen LogP contribution in [0.5, 0.6) is 0 Å². The van der Waals surface area contributed by atoms with E-state index in [9.17, 15) is 0 Å². The minimum absolute atomic E-state index is 0.746. The van der Waals surface area contributed by atoms with Gasteiger partial charge >= 0.3 is 0 Å². The molecule has 1 aliphatic rings. The number of fused-ring (bicyclic) bond motifs is 1. The van der Waals surface area contributed by atoms with Gasteiger partial charge in [-0.3, -0.25) is 0 Å². The molecule has 1 N–H and O–H groups in total. The highest BCUT2D eigenvalue weighted by atomic mass is 15.1. The van der Waals surface area contributed by atoms with Crippen molar-refractivity contribution in [1.82, 2.24) is 9.97 Å². The molecule has 0 fully saturated rings. The molecular formula is C9H13N3. The Balaban J connectivity index is 2.36. The molecule has 3 heteroatoms. The molecule has 0 unspecified atom stereocenters. The Hall–Kier alpha value is -1.12. The van der Waals surface area contributed by atoms with Crippen LogP contribution in [0, 0.1) is 0 Å². The lowest BCUT2D eigenvalue weighted by molar-refractivity contribution is 0.663. The van der Waals surface area contributed by atoms with Crippen LogP contribution >= 0.6 is 0 Å². The maximum absolute atomic E-state index is 4.41. The number of anilines is 1. The molecule has 1 aromatic rings. The fourth-order valence-electron chi connectivity index (χ4n) is 1.60. The summed E-state index contributed by atoms with van der Waals surface area (Å²) in [5.74, 6) is 0.746. The van der Waals surface area contributed by atoms with Crippen LogP contribution in [0.3, 0.4) is 0 Å². The van der Waals surface area contributed by atoms with E-state index < -0.39 is 0 Å². The lowest BCUT2D eigenvalue weighted by Crippen LogP contribution is -2.08. The molecule has 0 atom stereocenters. The topological polar surface area (TPSA) is 37.8 Å². The molecule has 0 radical (unpaired) electrons. The standard InChI is InChI=1S/C9H13N3/c1-10-9-11-6-7-4-2-3-5-8(7)12-9/h6H,2-5H2,1H3,(H,10,11,12). The molecule has 12 heavy (non-hydrogen) atoms. The molecular weight excluding hydrogens is 150 g/mol. The molecule has 1 aromatic heterocycles. The highest BCUT2D eigenvalue weighted by Crippen LogP contribution is 2.18. The zero-order valence-electron chi connectivity index (χ0n) is 7.30. The van der Waals surface area contributed by atoms with Gasteiger partial charge in [-0.2, -0.15) is 0 Å². The van der Waals surface area contributed by atoms with Crippen molar-refractivity contribution >= 4 is 5.95 Å². The first-order valence-corrected chi connectivity index (χ1v) is 4.42. The molecule has 1 heterocycles. The van der Waals surface area contributed by atoms with E-state index in [1.807, 2.05) is 13.2 Å².